The van der Waals surface area contributed by atoms with Crippen LogP contribution in [0, 0.1) is 6.92 Å². The highest BCUT2D eigenvalue weighted by atomic mass is 79.9. The van der Waals surface area contributed by atoms with Gasteiger partial charge in [-0.2, -0.15) is 0 Å². The Morgan fingerprint density at radius 3 is 2.87 bits per heavy atom. The minimum absolute atomic E-state index is 0.254. The van der Waals surface area contributed by atoms with Crippen molar-refractivity contribution in [1.29, 1.82) is 0 Å². The molecule has 0 saturated carbocycles. The molecular weight excluding hydrogens is 256 g/mol. The summed E-state index contributed by atoms with van der Waals surface area (Å²) in [5.74, 6) is 0.737. The molecular formula is C11H11BrN2O. The molecule has 0 fully saturated rings. The fraction of sp³-hybridized carbons (Fsp3) is 0.182. The van der Waals surface area contributed by atoms with Crippen molar-refractivity contribution in [2.75, 3.05) is 0 Å². The fourth-order valence-electron chi connectivity index (χ4n) is 1.44. The number of hydrogen-bond acceptors (Lipinski definition) is 3. The Balaban J connectivity index is 2.36. The van der Waals surface area contributed by atoms with Crippen LogP contribution in [0.25, 0.3) is 0 Å². The van der Waals surface area contributed by atoms with Gasteiger partial charge in [0, 0.05) is 11.9 Å². The van der Waals surface area contributed by atoms with Gasteiger partial charge in [0.05, 0.1) is 16.8 Å². The van der Waals surface area contributed by atoms with Gasteiger partial charge in [0.2, 0.25) is 0 Å². The summed E-state index contributed by atoms with van der Waals surface area (Å²) in [4.78, 5) is 4.13. The molecule has 0 saturated heterocycles. The van der Waals surface area contributed by atoms with Crippen molar-refractivity contribution in [2.45, 2.75) is 13.0 Å². The summed E-state index contributed by atoms with van der Waals surface area (Å²) >= 11 is 3.39. The van der Waals surface area contributed by atoms with E-state index < -0.39 is 0 Å². The van der Waals surface area contributed by atoms with E-state index in [0.717, 1.165) is 21.5 Å². The zero-order valence-corrected chi connectivity index (χ0v) is 9.86. The lowest BCUT2D eigenvalue weighted by Crippen LogP contribution is -2.11. The molecule has 0 aliphatic carbocycles. The van der Waals surface area contributed by atoms with Crippen molar-refractivity contribution < 1.29 is 4.42 Å². The van der Waals surface area contributed by atoms with Gasteiger partial charge in [-0.05, 0) is 46.6 Å². The maximum atomic E-state index is 6.08. The quantitative estimate of drug-likeness (QED) is 0.910. The lowest BCUT2D eigenvalue weighted by atomic mass is 10.1. The molecule has 0 bridgehead atoms. The zero-order valence-electron chi connectivity index (χ0n) is 8.27. The second-order valence-corrected chi connectivity index (χ2v) is 4.20. The van der Waals surface area contributed by atoms with Gasteiger partial charge in [-0.3, -0.25) is 4.98 Å². The lowest BCUT2D eigenvalue weighted by Gasteiger charge is -2.10. The van der Waals surface area contributed by atoms with E-state index in [1.165, 1.54) is 0 Å². The van der Waals surface area contributed by atoms with E-state index in [1.807, 2.05) is 25.1 Å². The summed E-state index contributed by atoms with van der Waals surface area (Å²) in [5, 5.41) is 0. The highest BCUT2D eigenvalue weighted by molar-refractivity contribution is 9.10. The minimum Gasteiger partial charge on any atom is -0.466 e. The van der Waals surface area contributed by atoms with Crippen LogP contribution in [0.5, 0.6) is 0 Å². The maximum absolute atomic E-state index is 6.08. The van der Waals surface area contributed by atoms with Gasteiger partial charge in [-0.25, -0.2) is 0 Å². The molecule has 0 aromatic carbocycles. The van der Waals surface area contributed by atoms with Crippen LogP contribution in [-0.4, -0.2) is 4.98 Å². The first-order valence-electron chi connectivity index (χ1n) is 4.59. The monoisotopic (exact) mass is 266 g/mol. The van der Waals surface area contributed by atoms with Gasteiger partial charge in [0.15, 0.2) is 0 Å². The van der Waals surface area contributed by atoms with Crippen LogP contribution in [0.4, 0.5) is 0 Å². The molecule has 15 heavy (non-hydrogen) atoms. The second-order valence-electron chi connectivity index (χ2n) is 3.34. The van der Waals surface area contributed by atoms with Crippen LogP contribution in [-0.2, 0) is 0 Å². The molecule has 4 heteroatoms. The number of furan rings is 1. The molecule has 2 aromatic rings. The largest absolute Gasteiger partial charge is 0.466 e. The Morgan fingerprint density at radius 2 is 2.27 bits per heavy atom. The predicted octanol–water partition coefficient (Wildman–Crippen LogP) is 2.79. The first kappa shape index (κ1) is 10.4. The van der Waals surface area contributed by atoms with Gasteiger partial charge in [-0.15, -0.1) is 0 Å². The van der Waals surface area contributed by atoms with E-state index in [-0.39, 0.29) is 6.04 Å². The van der Waals surface area contributed by atoms with Gasteiger partial charge in [0.1, 0.15) is 5.76 Å². The van der Waals surface area contributed by atoms with Crippen LogP contribution in [0.3, 0.4) is 0 Å². The van der Waals surface area contributed by atoms with Crippen molar-refractivity contribution in [3.05, 3.63) is 52.1 Å². The third kappa shape index (κ3) is 2.11. The Morgan fingerprint density at radius 1 is 1.47 bits per heavy atom. The van der Waals surface area contributed by atoms with E-state index in [9.17, 15) is 0 Å². The summed E-state index contributed by atoms with van der Waals surface area (Å²) < 4.78 is 6.22. The average Bonchev–Trinajstić information content (AvgIpc) is 2.63. The average molecular weight is 267 g/mol. The number of nitrogens with two attached hydrogens (primary N) is 1. The van der Waals surface area contributed by atoms with Crippen LogP contribution >= 0.6 is 15.9 Å². The molecule has 0 amide bonds. The summed E-state index contributed by atoms with van der Waals surface area (Å²) in [6.07, 6.45) is 3.37. The normalized spacial score (nSPS) is 12.7. The first-order valence-corrected chi connectivity index (χ1v) is 5.39. The molecule has 0 radical (unpaired) electrons. The number of halogens is 1. The van der Waals surface area contributed by atoms with Crippen LogP contribution in [0.2, 0.25) is 0 Å². The Kier molecular flexibility index (Phi) is 2.88. The number of hydrogen-bond donors (Lipinski definition) is 1. The molecule has 1 atom stereocenters. The molecule has 2 aromatic heterocycles. The van der Waals surface area contributed by atoms with Crippen molar-refractivity contribution in [3.63, 3.8) is 0 Å². The molecule has 2 heterocycles. The third-order valence-electron chi connectivity index (χ3n) is 2.21. The van der Waals surface area contributed by atoms with Gasteiger partial charge >= 0.3 is 0 Å². The molecule has 78 valence electrons. The summed E-state index contributed by atoms with van der Waals surface area (Å²) in [6.45, 7) is 1.94. The van der Waals surface area contributed by atoms with Crippen LogP contribution < -0.4 is 5.73 Å². The number of rotatable bonds is 2. The fourth-order valence-corrected chi connectivity index (χ4v) is 1.89. The van der Waals surface area contributed by atoms with Crippen molar-refractivity contribution in [1.82, 2.24) is 4.98 Å². The van der Waals surface area contributed by atoms with Crippen molar-refractivity contribution in [3.8, 4) is 0 Å². The Labute approximate surface area is 96.4 Å². The van der Waals surface area contributed by atoms with Gasteiger partial charge in [0.25, 0.3) is 0 Å². The van der Waals surface area contributed by atoms with Crippen molar-refractivity contribution >= 4 is 15.9 Å². The topological polar surface area (TPSA) is 52.0 Å². The SMILES string of the molecule is Cc1cc(C(N)c2occc2Br)ccn1. The van der Waals surface area contributed by atoms with Gasteiger partial charge in [-0.1, -0.05) is 0 Å². The summed E-state index contributed by atoms with van der Waals surface area (Å²) in [5.41, 5.74) is 8.03. The molecule has 2 N–H and O–H groups in total. The van der Waals surface area contributed by atoms with Gasteiger partial charge < -0.3 is 10.2 Å². The first-order chi connectivity index (χ1) is 7.18. The molecule has 1 unspecified atom stereocenters. The highest BCUT2D eigenvalue weighted by Crippen LogP contribution is 2.27. The number of nitrogens with zero attached hydrogens (tertiary/aromatic N) is 1. The number of aryl methyl sites for hydroxylation is 1. The Hall–Kier alpha value is -1.13. The smallest absolute Gasteiger partial charge is 0.139 e. The van der Waals surface area contributed by atoms with Crippen LogP contribution in [0.1, 0.15) is 23.1 Å². The van der Waals surface area contributed by atoms with Crippen LogP contribution in [0.15, 0.2) is 39.5 Å². The summed E-state index contributed by atoms with van der Waals surface area (Å²) in [7, 11) is 0. The lowest BCUT2D eigenvalue weighted by molar-refractivity contribution is 0.487. The number of pyridine rings is 1. The third-order valence-corrected chi connectivity index (χ3v) is 2.86. The predicted molar refractivity (Wildman–Crippen MR) is 61.4 cm³/mol. The Bertz CT molecular complexity index is 467. The molecule has 0 aliphatic heterocycles. The van der Waals surface area contributed by atoms with E-state index in [2.05, 4.69) is 20.9 Å². The van der Waals surface area contributed by atoms with Crippen molar-refractivity contribution in [2.24, 2.45) is 5.73 Å². The minimum atomic E-state index is -0.254. The van der Waals surface area contributed by atoms with E-state index in [1.54, 1.807) is 12.5 Å². The number of aromatic nitrogens is 1. The molecule has 0 aliphatic rings. The highest BCUT2D eigenvalue weighted by Gasteiger charge is 2.15. The second kappa shape index (κ2) is 4.16. The molecule has 2 rings (SSSR count). The molecule has 3 nitrogen and oxygen atoms in total. The zero-order chi connectivity index (χ0) is 10.8. The van der Waals surface area contributed by atoms with E-state index in [4.69, 9.17) is 10.2 Å². The standard InChI is InChI=1S/C11H11BrN2O/c1-7-6-8(2-4-14-7)10(13)11-9(12)3-5-15-11/h2-6,10H,13H2,1H3. The molecule has 0 spiro atoms. The van der Waals surface area contributed by atoms with E-state index >= 15 is 0 Å². The summed E-state index contributed by atoms with van der Waals surface area (Å²) in [6, 6.07) is 5.44. The van der Waals surface area contributed by atoms with E-state index in [0.29, 0.717) is 0 Å². The maximum Gasteiger partial charge on any atom is 0.139 e.